The van der Waals surface area contributed by atoms with E-state index in [0.717, 1.165) is 19.5 Å². The van der Waals surface area contributed by atoms with E-state index >= 15 is 0 Å². The molecule has 1 aromatic rings. The van der Waals surface area contributed by atoms with Crippen molar-refractivity contribution in [2.45, 2.75) is 38.1 Å². The van der Waals surface area contributed by atoms with Crippen molar-refractivity contribution in [2.75, 3.05) is 19.7 Å². The number of rotatable bonds is 5. The second-order valence-electron chi connectivity index (χ2n) is 5.86. The summed E-state index contributed by atoms with van der Waals surface area (Å²) in [6, 6.07) is 10.5. The van der Waals surface area contributed by atoms with Gasteiger partial charge in [-0.2, -0.15) is 0 Å². The van der Waals surface area contributed by atoms with Crippen LogP contribution in [0.25, 0.3) is 0 Å². The lowest BCUT2D eigenvalue weighted by Gasteiger charge is -2.26. The first-order chi connectivity index (χ1) is 9.81. The smallest absolute Gasteiger partial charge is 0.323 e. The normalized spacial score (nSPS) is 27.2. The number of benzene rings is 1. The molecule has 3 unspecified atom stereocenters. The minimum atomic E-state index is -0.0253. The second kappa shape index (κ2) is 5.96. The van der Waals surface area contributed by atoms with Crippen LogP contribution in [0.4, 0.5) is 0 Å². The van der Waals surface area contributed by atoms with Gasteiger partial charge in [0.25, 0.3) is 0 Å². The van der Waals surface area contributed by atoms with Gasteiger partial charge >= 0.3 is 5.97 Å². The number of hydrogen-bond donors (Lipinski definition) is 0. The van der Waals surface area contributed by atoms with Crippen molar-refractivity contribution in [3.05, 3.63) is 35.9 Å². The van der Waals surface area contributed by atoms with Gasteiger partial charge in [-0.05, 0) is 56.7 Å². The largest absolute Gasteiger partial charge is 0.465 e. The third-order valence-electron chi connectivity index (χ3n) is 4.54. The Kier molecular flexibility index (Phi) is 4.06. The Labute approximate surface area is 120 Å². The van der Waals surface area contributed by atoms with Gasteiger partial charge in [0, 0.05) is 0 Å². The Morgan fingerprint density at radius 3 is 2.65 bits per heavy atom. The first-order valence-electron chi connectivity index (χ1n) is 7.77. The molecule has 20 heavy (non-hydrogen) atoms. The molecule has 1 saturated carbocycles. The van der Waals surface area contributed by atoms with Gasteiger partial charge in [0.15, 0.2) is 0 Å². The summed E-state index contributed by atoms with van der Waals surface area (Å²) in [7, 11) is 0. The van der Waals surface area contributed by atoms with Crippen molar-refractivity contribution in [1.82, 2.24) is 4.90 Å². The van der Waals surface area contributed by atoms with E-state index in [1.54, 1.807) is 0 Å². The Balaban J connectivity index is 1.72. The number of esters is 1. The zero-order valence-electron chi connectivity index (χ0n) is 12.1. The molecular weight excluding hydrogens is 250 g/mol. The summed E-state index contributed by atoms with van der Waals surface area (Å²) in [6.45, 7) is 4.45. The monoisotopic (exact) mass is 273 g/mol. The van der Waals surface area contributed by atoms with Crippen LogP contribution in [-0.2, 0) is 9.53 Å². The van der Waals surface area contributed by atoms with E-state index in [2.05, 4.69) is 29.2 Å². The number of ether oxygens (including phenoxy) is 1. The molecule has 1 aliphatic heterocycles. The number of likely N-dealkylation sites (tertiary alicyclic amines) is 1. The van der Waals surface area contributed by atoms with Crippen molar-refractivity contribution < 1.29 is 9.53 Å². The maximum absolute atomic E-state index is 12.3. The zero-order chi connectivity index (χ0) is 13.9. The van der Waals surface area contributed by atoms with Gasteiger partial charge in [-0.1, -0.05) is 30.3 Å². The van der Waals surface area contributed by atoms with Crippen molar-refractivity contribution in [3.63, 3.8) is 0 Å². The molecule has 1 heterocycles. The summed E-state index contributed by atoms with van der Waals surface area (Å²) in [4.78, 5) is 14.7. The molecule has 0 N–H and O–H groups in total. The average Bonchev–Trinajstić information content (AvgIpc) is 3.05. The molecule has 1 aliphatic carbocycles. The van der Waals surface area contributed by atoms with Crippen molar-refractivity contribution in [2.24, 2.45) is 5.92 Å². The van der Waals surface area contributed by atoms with Gasteiger partial charge in [-0.25, -0.2) is 0 Å². The predicted molar refractivity (Wildman–Crippen MR) is 78.5 cm³/mol. The van der Waals surface area contributed by atoms with Crippen molar-refractivity contribution in [1.29, 1.82) is 0 Å². The molecule has 0 aromatic heterocycles. The fourth-order valence-electron chi connectivity index (χ4n) is 3.49. The highest BCUT2D eigenvalue weighted by molar-refractivity contribution is 5.77. The van der Waals surface area contributed by atoms with Gasteiger partial charge in [0.05, 0.1) is 6.61 Å². The topological polar surface area (TPSA) is 29.5 Å². The molecule has 108 valence electrons. The molecular formula is C17H23NO2. The minimum Gasteiger partial charge on any atom is -0.465 e. The Bertz CT molecular complexity index is 453. The highest BCUT2D eigenvalue weighted by atomic mass is 16.5. The van der Waals surface area contributed by atoms with Crippen LogP contribution < -0.4 is 0 Å². The lowest BCUT2D eigenvalue weighted by molar-refractivity contribution is -0.150. The molecule has 3 heteroatoms. The molecule has 0 radical (unpaired) electrons. The highest BCUT2D eigenvalue weighted by Crippen LogP contribution is 2.51. The molecule has 1 saturated heterocycles. The van der Waals surface area contributed by atoms with Gasteiger partial charge < -0.3 is 4.74 Å². The quantitative estimate of drug-likeness (QED) is 0.773. The number of hydrogen-bond acceptors (Lipinski definition) is 3. The number of nitrogens with zero attached hydrogens (tertiary/aromatic N) is 1. The first kappa shape index (κ1) is 13.6. The summed E-state index contributed by atoms with van der Waals surface area (Å²) in [5, 5.41) is 0. The van der Waals surface area contributed by atoms with Crippen LogP contribution in [0.2, 0.25) is 0 Å². The van der Waals surface area contributed by atoms with E-state index in [4.69, 9.17) is 4.74 Å². The predicted octanol–water partition coefficient (Wildman–Crippen LogP) is 2.82. The maximum Gasteiger partial charge on any atom is 0.323 e. The summed E-state index contributed by atoms with van der Waals surface area (Å²) >= 11 is 0. The van der Waals surface area contributed by atoms with Crippen LogP contribution in [0.1, 0.15) is 37.7 Å². The average molecular weight is 273 g/mol. The number of carbonyl (C=O) groups excluding carboxylic acids is 1. The Morgan fingerprint density at radius 2 is 2.00 bits per heavy atom. The van der Waals surface area contributed by atoms with Crippen LogP contribution in [0.3, 0.4) is 0 Å². The molecule has 0 amide bonds. The van der Waals surface area contributed by atoms with E-state index in [1.165, 1.54) is 18.4 Å². The number of carbonyl (C=O) groups is 1. The molecule has 3 atom stereocenters. The van der Waals surface area contributed by atoms with E-state index in [9.17, 15) is 4.79 Å². The van der Waals surface area contributed by atoms with Crippen LogP contribution in [0.5, 0.6) is 0 Å². The third kappa shape index (κ3) is 2.73. The summed E-state index contributed by atoms with van der Waals surface area (Å²) in [6.07, 6.45) is 3.53. The first-order valence-corrected chi connectivity index (χ1v) is 7.77. The minimum absolute atomic E-state index is 0.0159. The van der Waals surface area contributed by atoms with Crippen molar-refractivity contribution >= 4 is 5.97 Å². The van der Waals surface area contributed by atoms with Gasteiger partial charge in [0.2, 0.25) is 0 Å². The standard InChI is InChI=1S/C17H23NO2/c1-2-20-17(19)16(18-10-6-7-11-18)15-12-14(15)13-8-4-3-5-9-13/h3-5,8-9,14-16H,2,6-7,10-12H2,1H3. The summed E-state index contributed by atoms with van der Waals surface area (Å²) in [5.41, 5.74) is 1.37. The molecule has 3 rings (SSSR count). The van der Waals surface area contributed by atoms with Gasteiger partial charge in [0.1, 0.15) is 6.04 Å². The molecule has 0 spiro atoms. The summed E-state index contributed by atoms with van der Waals surface area (Å²) in [5.74, 6) is 0.957. The second-order valence-corrected chi connectivity index (χ2v) is 5.86. The molecule has 2 aliphatic rings. The zero-order valence-corrected chi connectivity index (χ0v) is 12.1. The lowest BCUT2D eigenvalue weighted by Crippen LogP contribution is -2.42. The fraction of sp³-hybridized carbons (Fsp3) is 0.588. The SMILES string of the molecule is CCOC(=O)C(C1CC1c1ccccc1)N1CCCC1. The Morgan fingerprint density at radius 1 is 1.30 bits per heavy atom. The third-order valence-corrected chi connectivity index (χ3v) is 4.54. The van der Waals surface area contributed by atoms with Gasteiger partial charge in [-0.3, -0.25) is 9.69 Å². The maximum atomic E-state index is 12.3. The van der Waals surface area contributed by atoms with Crippen LogP contribution in [-0.4, -0.2) is 36.6 Å². The van der Waals surface area contributed by atoms with Crippen LogP contribution >= 0.6 is 0 Å². The van der Waals surface area contributed by atoms with E-state index in [-0.39, 0.29) is 12.0 Å². The highest BCUT2D eigenvalue weighted by Gasteiger charge is 2.50. The lowest BCUT2D eigenvalue weighted by atomic mass is 10.0. The summed E-state index contributed by atoms with van der Waals surface area (Å²) < 4.78 is 5.32. The molecule has 3 nitrogen and oxygen atoms in total. The fourth-order valence-corrected chi connectivity index (χ4v) is 3.49. The molecule has 0 bridgehead atoms. The molecule has 1 aromatic carbocycles. The van der Waals surface area contributed by atoms with E-state index in [0.29, 0.717) is 18.4 Å². The van der Waals surface area contributed by atoms with Crippen LogP contribution in [0, 0.1) is 5.92 Å². The van der Waals surface area contributed by atoms with Crippen LogP contribution in [0.15, 0.2) is 30.3 Å². The van der Waals surface area contributed by atoms with Gasteiger partial charge in [-0.15, -0.1) is 0 Å². The van der Waals surface area contributed by atoms with Crippen molar-refractivity contribution in [3.8, 4) is 0 Å². The molecule has 2 fully saturated rings. The van der Waals surface area contributed by atoms with E-state index in [1.807, 2.05) is 13.0 Å². The Hall–Kier alpha value is -1.35. The van der Waals surface area contributed by atoms with E-state index < -0.39 is 0 Å².